The van der Waals surface area contributed by atoms with Crippen LogP contribution in [0, 0.1) is 11.8 Å². The van der Waals surface area contributed by atoms with Crippen molar-refractivity contribution in [3.8, 4) is 5.75 Å². The first-order chi connectivity index (χ1) is 14.7. The maximum Gasteiger partial charge on any atom is 0.332 e. The van der Waals surface area contributed by atoms with Crippen molar-refractivity contribution in [1.29, 1.82) is 0 Å². The zero-order chi connectivity index (χ0) is 22.7. The van der Waals surface area contributed by atoms with Gasteiger partial charge in [-0.15, -0.1) is 0 Å². The van der Waals surface area contributed by atoms with Gasteiger partial charge in [0.25, 0.3) is 5.56 Å². The van der Waals surface area contributed by atoms with Crippen LogP contribution in [-0.2, 0) is 19.6 Å². The minimum absolute atomic E-state index is 0.0407. The van der Waals surface area contributed by atoms with Gasteiger partial charge in [0.2, 0.25) is 0 Å². The van der Waals surface area contributed by atoms with E-state index in [-0.39, 0.29) is 19.1 Å². The third-order valence-corrected chi connectivity index (χ3v) is 5.27. The molecular formula is C22H29BrN4O4. The highest BCUT2D eigenvalue weighted by molar-refractivity contribution is 9.10. The minimum Gasteiger partial charge on any atom is -0.491 e. The molecule has 168 valence electrons. The maximum absolute atomic E-state index is 13.2. The number of imidazole rings is 1. The lowest BCUT2D eigenvalue weighted by Crippen LogP contribution is -2.44. The van der Waals surface area contributed by atoms with Gasteiger partial charge in [0, 0.05) is 17.6 Å². The summed E-state index contributed by atoms with van der Waals surface area (Å²) in [6.07, 6.45) is 0.584. The Balaban J connectivity index is 1.95. The lowest BCUT2D eigenvalue weighted by Gasteiger charge is -2.17. The molecule has 0 bridgehead atoms. The molecule has 31 heavy (non-hydrogen) atoms. The summed E-state index contributed by atoms with van der Waals surface area (Å²) in [5.74, 6) is 1.09. The number of halogens is 1. The van der Waals surface area contributed by atoms with Crippen molar-refractivity contribution in [3.63, 3.8) is 0 Å². The van der Waals surface area contributed by atoms with E-state index in [0.29, 0.717) is 35.9 Å². The van der Waals surface area contributed by atoms with E-state index in [0.717, 1.165) is 9.04 Å². The summed E-state index contributed by atoms with van der Waals surface area (Å²) in [5.41, 5.74) is -0.138. The average Bonchev–Trinajstić information content (AvgIpc) is 3.10. The number of hydrogen-bond acceptors (Lipinski definition) is 5. The van der Waals surface area contributed by atoms with Gasteiger partial charge in [-0.25, -0.2) is 9.78 Å². The second-order valence-corrected chi connectivity index (χ2v) is 9.50. The van der Waals surface area contributed by atoms with Crippen LogP contribution in [0.5, 0.6) is 5.75 Å². The van der Waals surface area contributed by atoms with E-state index in [1.54, 1.807) is 23.0 Å². The Morgan fingerprint density at radius 1 is 1.00 bits per heavy atom. The summed E-state index contributed by atoms with van der Waals surface area (Å²) in [6.45, 7) is 8.95. The summed E-state index contributed by atoms with van der Waals surface area (Å²) in [4.78, 5) is 30.7. The molecule has 0 aliphatic carbocycles. The molecule has 0 radical (unpaired) electrons. The summed E-state index contributed by atoms with van der Waals surface area (Å²) in [6, 6.07) is 7.21. The van der Waals surface area contributed by atoms with Crippen molar-refractivity contribution < 1.29 is 9.84 Å². The molecule has 0 amide bonds. The average molecular weight is 493 g/mol. The van der Waals surface area contributed by atoms with Crippen molar-refractivity contribution in [2.75, 3.05) is 6.61 Å². The first-order valence-corrected chi connectivity index (χ1v) is 11.2. The summed E-state index contributed by atoms with van der Waals surface area (Å²) in [5, 5.41) is 10.5. The molecule has 9 heteroatoms. The van der Waals surface area contributed by atoms with Crippen molar-refractivity contribution in [2.45, 2.75) is 53.4 Å². The second kappa shape index (κ2) is 9.82. The van der Waals surface area contributed by atoms with Gasteiger partial charge in [0.15, 0.2) is 11.2 Å². The molecule has 0 aliphatic heterocycles. The Bertz CT molecular complexity index is 1150. The van der Waals surface area contributed by atoms with E-state index in [4.69, 9.17) is 4.74 Å². The second-order valence-electron chi connectivity index (χ2n) is 8.58. The predicted octanol–water partition coefficient (Wildman–Crippen LogP) is 2.87. The molecule has 1 atom stereocenters. The van der Waals surface area contributed by atoms with Crippen LogP contribution in [0.25, 0.3) is 11.2 Å². The van der Waals surface area contributed by atoms with Crippen LogP contribution in [0.2, 0.25) is 0 Å². The monoisotopic (exact) mass is 492 g/mol. The van der Waals surface area contributed by atoms with Gasteiger partial charge in [-0.05, 0) is 36.1 Å². The maximum atomic E-state index is 13.2. The number of aliphatic hydroxyl groups is 1. The lowest BCUT2D eigenvalue weighted by atomic mass is 10.2. The number of fused-ring (bicyclic) bond motifs is 1. The highest BCUT2D eigenvalue weighted by atomic mass is 79.9. The number of aromatic nitrogens is 4. The van der Waals surface area contributed by atoms with E-state index < -0.39 is 17.4 Å². The Kier molecular flexibility index (Phi) is 7.38. The zero-order valence-electron chi connectivity index (χ0n) is 18.3. The molecule has 8 nitrogen and oxygen atoms in total. The van der Waals surface area contributed by atoms with E-state index >= 15 is 0 Å². The number of aliphatic hydroxyl groups excluding tert-OH is 1. The van der Waals surface area contributed by atoms with Crippen LogP contribution in [0.4, 0.5) is 0 Å². The van der Waals surface area contributed by atoms with Crippen LogP contribution < -0.4 is 16.0 Å². The number of rotatable bonds is 9. The van der Waals surface area contributed by atoms with Crippen LogP contribution in [0.3, 0.4) is 0 Å². The minimum atomic E-state index is -1.03. The third kappa shape index (κ3) is 5.46. The van der Waals surface area contributed by atoms with Crippen LogP contribution in [0.1, 0.15) is 27.7 Å². The van der Waals surface area contributed by atoms with Gasteiger partial charge in [0.05, 0.1) is 12.9 Å². The molecule has 0 saturated heterocycles. The standard InChI is InChI=1S/C22H29BrN4O4/c1-14(2)9-25-13-24-20-19(25)21(29)27(22(30)26(20)10-15(3)4)11-17(28)12-31-18-7-5-16(23)6-8-18/h5-8,13-15,17,28H,9-12H2,1-4H3/t17-/m0/s1. The van der Waals surface area contributed by atoms with Crippen molar-refractivity contribution in [2.24, 2.45) is 11.8 Å². The van der Waals surface area contributed by atoms with Crippen LogP contribution in [-0.4, -0.2) is 36.5 Å². The molecule has 3 rings (SSSR count). The van der Waals surface area contributed by atoms with E-state index in [1.165, 1.54) is 4.57 Å². The van der Waals surface area contributed by atoms with Gasteiger partial charge in [-0.1, -0.05) is 43.6 Å². The summed E-state index contributed by atoms with van der Waals surface area (Å²) >= 11 is 3.36. The Morgan fingerprint density at radius 3 is 2.26 bits per heavy atom. The topological polar surface area (TPSA) is 91.3 Å². The van der Waals surface area contributed by atoms with E-state index in [9.17, 15) is 14.7 Å². The highest BCUT2D eigenvalue weighted by Crippen LogP contribution is 2.16. The Morgan fingerprint density at radius 2 is 1.65 bits per heavy atom. The fraction of sp³-hybridized carbons (Fsp3) is 0.500. The SMILES string of the molecule is CC(C)Cn1cnc2c1c(=O)n(C[C@H](O)COc1ccc(Br)cc1)c(=O)n2CC(C)C. The fourth-order valence-corrected chi connectivity index (χ4v) is 3.71. The van der Waals surface area contributed by atoms with Gasteiger partial charge < -0.3 is 14.4 Å². The van der Waals surface area contributed by atoms with Crippen LogP contribution in [0.15, 0.2) is 44.7 Å². The number of ether oxygens (including phenoxy) is 1. The van der Waals surface area contributed by atoms with Crippen LogP contribution >= 0.6 is 15.9 Å². The lowest BCUT2D eigenvalue weighted by molar-refractivity contribution is 0.0901. The Hall–Kier alpha value is -2.39. The Labute approximate surface area is 189 Å². The van der Waals surface area contributed by atoms with Gasteiger partial charge >= 0.3 is 5.69 Å². The number of nitrogens with zero attached hydrogens (tertiary/aromatic N) is 4. The predicted molar refractivity (Wildman–Crippen MR) is 124 cm³/mol. The zero-order valence-corrected chi connectivity index (χ0v) is 19.9. The number of benzene rings is 1. The molecule has 1 aromatic carbocycles. The number of hydrogen-bond donors (Lipinski definition) is 1. The molecule has 1 N–H and O–H groups in total. The quantitative estimate of drug-likeness (QED) is 0.495. The van der Waals surface area contributed by atoms with Gasteiger partial charge in [-0.3, -0.25) is 13.9 Å². The molecule has 3 aromatic rings. The molecular weight excluding hydrogens is 464 g/mol. The smallest absolute Gasteiger partial charge is 0.332 e. The largest absolute Gasteiger partial charge is 0.491 e. The summed E-state index contributed by atoms with van der Waals surface area (Å²) in [7, 11) is 0. The van der Waals surface area contributed by atoms with Crippen molar-refractivity contribution in [1.82, 2.24) is 18.7 Å². The molecule has 0 saturated carbocycles. The summed E-state index contributed by atoms with van der Waals surface area (Å²) < 4.78 is 10.9. The van der Waals surface area contributed by atoms with Crippen molar-refractivity contribution >= 4 is 27.1 Å². The molecule has 0 aliphatic rings. The molecule has 0 fully saturated rings. The fourth-order valence-electron chi connectivity index (χ4n) is 3.45. The first-order valence-electron chi connectivity index (χ1n) is 10.4. The van der Waals surface area contributed by atoms with E-state index in [1.807, 2.05) is 26.0 Å². The van der Waals surface area contributed by atoms with E-state index in [2.05, 4.69) is 34.8 Å². The normalized spacial score (nSPS) is 12.8. The van der Waals surface area contributed by atoms with Gasteiger partial charge in [-0.2, -0.15) is 0 Å². The highest BCUT2D eigenvalue weighted by Gasteiger charge is 2.21. The molecule has 0 spiro atoms. The molecule has 2 aromatic heterocycles. The third-order valence-electron chi connectivity index (χ3n) is 4.74. The van der Waals surface area contributed by atoms with Crippen molar-refractivity contribution in [3.05, 3.63) is 55.9 Å². The van der Waals surface area contributed by atoms with Gasteiger partial charge in [0.1, 0.15) is 18.5 Å². The molecule has 0 unspecified atom stereocenters. The molecule has 2 heterocycles. The first kappa shape index (κ1) is 23.3.